The summed E-state index contributed by atoms with van der Waals surface area (Å²) in [5.41, 5.74) is 5.02. The number of anilines is 1. The summed E-state index contributed by atoms with van der Waals surface area (Å²) in [6.45, 7) is 11.0. The van der Waals surface area contributed by atoms with Crippen molar-refractivity contribution in [3.63, 3.8) is 0 Å². The fourth-order valence-corrected chi connectivity index (χ4v) is 4.28. The Balaban J connectivity index is 1.46. The van der Waals surface area contributed by atoms with Gasteiger partial charge < -0.3 is 4.90 Å². The minimum atomic E-state index is -0.233. The van der Waals surface area contributed by atoms with Crippen LogP contribution in [0, 0.1) is 19.7 Å². The second kappa shape index (κ2) is 8.92. The topological polar surface area (TPSA) is 50.1 Å². The van der Waals surface area contributed by atoms with Crippen LogP contribution in [0.4, 0.5) is 10.1 Å². The summed E-state index contributed by atoms with van der Waals surface area (Å²) in [6.07, 6.45) is 0.938. The lowest BCUT2D eigenvalue weighted by Crippen LogP contribution is -2.48. The molecule has 4 rings (SSSR count). The van der Waals surface area contributed by atoms with E-state index >= 15 is 0 Å². The number of hydrogen-bond donors (Lipinski definition) is 0. The Kier molecular flexibility index (Phi) is 6.08. The fraction of sp³-hybridized carbons (Fsp3) is 0.435. The first-order valence-electron chi connectivity index (χ1n) is 10.6. The Labute approximate surface area is 177 Å². The highest BCUT2D eigenvalue weighted by Crippen LogP contribution is 2.28. The summed E-state index contributed by atoms with van der Waals surface area (Å²) in [5, 5.41) is 12.5. The van der Waals surface area contributed by atoms with Crippen LogP contribution in [-0.2, 0) is 6.54 Å². The van der Waals surface area contributed by atoms with Crippen LogP contribution in [-0.4, -0.2) is 51.3 Å². The van der Waals surface area contributed by atoms with Crippen LogP contribution < -0.4 is 4.90 Å². The Morgan fingerprint density at radius 1 is 1.00 bits per heavy atom. The van der Waals surface area contributed by atoms with Gasteiger partial charge in [0.15, 0.2) is 5.82 Å². The van der Waals surface area contributed by atoms with Gasteiger partial charge in [0.05, 0.1) is 12.6 Å². The number of tetrazole rings is 1. The maximum Gasteiger partial charge on any atom is 0.168 e. The van der Waals surface area contributed by atoms with Crippen LogP contribution in [0.2, 0.25) is 0 Å². The summed E-state index contributed by atoms with van der Waals surface area (Å²) in [4.78, 5) is 4.96. The molecule has 3 aromatic rings. The quantitative estimate of drug-likeness (QED) is 0.622. The number of benzene rings is 2. The Bertz CT molecular complexity index is 976. The standard InChI is InChI=1S/C23H29FN6/c1-4-21(23-25-26-27-30(23)16-19-8-10-20(24)11-9-19)28-12-14-29(15-13-28)22-7-5-6-17(2)18(22)3/h5-11,21H,4,12-16H2,1-3H3/t21-/m1/s1. The number of rotatable bonds is 6. The third-order valence-electron chi connectivity index (χ3n) is 6.16. The van der Waals surface area contributed by atoms with Gasteiger partial charge in [0.2, 0.25) is 0 Å². The van der Waals surface area contributed by atoms with Crippen LogP contribution in [0.25, 0.3) is 0 Å². The zero-order chi connectivity index (χ0) is 21.1. The van der Waals surface area contributed by atoms with E-state index in [2.05, 4.69) is 64.3 Å². The maximum atomic E-state index is 13.2. The smallest absolute Gasteiger partial charge is 0.168 e. The van der Waals surface area contributed by atoms with Gasteiger partial charge in [-0.05, 0) is 65.6 Å². The predicted molar refractivity (Wildman–Crippen MR) is 116 cm³/mol. The lowest BCUT2D eigenvalue weighted by Gasteiger charge is -2.40. The van der Waals surface area contributed by atoms with Gasteiger partial charge in [-0.3, -0.25) is 4.90 Å². The third kappa shape index (κ3) is 4.21. The Hall–Kier alpha value is -2.80. The number of piperazine rings is 1. The number of halogens is 1. The molecule has 2 heterocycles. The SMILES string of the molecule is CC[C@H](c1nnnn1Cc1ccc(F)cc1)N1CCN(c2cccc(C)c2C)CC1. The molecule has 0 bridgehead atoms. The molecular formula is C23H29FN6. The largest absolute Gasteiger partial charge is 0.369 e. The van der Waals surface area contributed by atoms with Crippen LogP contribution in [0.5, 0.6) is 0 Å². The molecule has 6 nitrogen and oxygen atoms in total. The second-order valence-corrected chi connectivity index (χ2v) is 7.99. The van der Waals surface area contributed by atoms with Crippen molar-refractivity contribution in [3.05, 3.63) is 70.8 Å². The molecule has 7 heteroatoms. The van der Waals surface area contributed by atoms with Gasteiger partial charge in [-0.25, -0.2) is 9.07 Å². The lowest BCUT2D eigenvalue weighted by molar-refractivity contribution is 0.169. The number of aryl methyl sites for hydroxylation is 1. The van der Waals surface area contributed by atoms with Crippen LogP contribution >= 0.6 is 0 Å². The van der Waals surface area contributed by atoms with Gasteiger partial charge >= 0.3 is 0 Å². The van der Waals surface area contributed by atoms with Crippen molar-refractivity contribution in [1.82, 2.24) is 25.1 Å². The molecule has 158 valence electrons. The highest BCUT2D eigenvalue weighted by atomic mass is 19.1. The summed E-state index contributed by atoms with van der Waals surface area (Å²) >= 11 is 0. The molecule has 1 atom stereocenters. The first-order valence-corrected chi connectivity index (χ1v) is 10.6. The summed E-state index contributed by atoms with van der Waals surface area (Å²) in [6, 6.07) is 13.2. The average molecular weight is 409 g/mol. The van der Waals surface area contributed by atoms with E-state index in [4.69, 9.17) is 0 Å². The molecular weight excluding hydrogens is 379 g/mol. The summed E-state index contributed by atoms with van der Waals surface area (Å²) < 4.78 is 15.1. The van der Waals surface area contributed by atoms with E-state index < -0.39 is 0 Å². The van der Waals surface area contributed by atoms with Crippen molar-refractivity contribution in [2.75, 3.05) is 31.1 Å². The molecule has 1 aliphatic heterocycles. The highest BCUT2D eigenvalue weighted by Gasteiger charge is 2.28. The minimum Gasteiger partial charge on any atom is -0.369 e. The third-order valence-corrected chi connectivity index (χ3v) is 6.16. The monoisotopic (exact) mass is 408 g/mol. The molecule has 0 unspecified atom stereocenters. The number of aromatic nitrogens is 4. The first-order chi connectivity index (χ1) is 14.6. The van der Waals surface area contributed by atoms with E-state index in [1.54, 1.807) is 12.1 Å². The predicted octanol–water partition coefficient (Wildman–Crippen LogP) is 3.75. The molecule has 1 aromatic heterocycles. The lowest BCUT2D eigenvalue weighted by atomic mass is 10.1. The summed E-state index contributed by atoms with van der Waals surface area (Å²) in [7, 11) is 0. The second-order valence-electron chi connectivity index (χ2n) is 7.99. The number of nitrogens with zero attached hydrogens (tertiary/aromatic N) is 6. The van der Waals surface area contributed by atoms with E-state index in [1.165, 1.54) is 28.9 Å². The van der Waals surface area contributed by atoms with E-state index in [1.807, 2.05) is 4.68 Å². The Morgan fingerprint density at radius 2 is 1.73 bits per heavy atom. The van der Waals surface area contributed by atoms with E-state index in [0.717, 1.165) is 44.0 Å². The molecule has 0 radical (unpaired) electrons. The van der Waals surface area contributed by atoms with Gasteiger partial charge in [-0.1, -0.05) is 31.2 Å². The highest BCUT2D eigenvalue weighted by molar-refractivity contribution is 5.56. The normalized spacial score (nSPS) is 16.1. The zero-order valence-corrected chi connectivity index (χ0v) is 17.9. The average Bonchev–Trinajstić information content (AvgIpc) is 3.21. The molecule has 30 heavy (non-hydrogen) atoms. The van der Waals surface area contributed by atoms with Crippen molar-refractivity contribution in [3.8, 4) is 0 Å². The van der Waals surface area contributed by atoms with E-state index in [-0.39, 0.29) is 11.9 Å². The van der Waals surface area contributed by atoms with Crippen LogP contribution in [0.3, 0.4) is 0 Å². The molecule has 0 spiro atoms. The van der Waals surface area contributed by atoms with Crippen molar-refractivity contribution in [1.29, 1.82) is 0 Å². The maximum absolute atomic E-state index is 13.2. The van der Waals surface area contributed by atoms with Crippen molar-refractivity contribution >= 4 is 5.69 Å². The number of hydrogen-bond acceptors (Lipinski definition) is 5. The van der Waals surface area contributed by atoms with E-state index in [9.17, 15) is 4.39 Å². The van der Waals surface area contributed by atoms with Gasteiger partial charge in [0.25, 0.3) is 0 Å². The van der Waals surface area contributed by atoms with Crippen molar-refractivity contribution in [2.45, 2.75) is 39.8 Å². The van der Waals surface area contributed by atoms with Crippen molar-refractivity contribution < 1.29 is 4.39 Å². The first kappa shape index (κ1) is 20.5. The summed E-state index contributed by atoms with van der Waals surface area (Å²) in [5.74, 6) is 0.644. The zero-order valence-electron chi connectivity index (χ0n) is 17.9. The van der Waals surface area contributed by atoms with Gasteiger partial charge in [-0.15, -0.1) is 5.10 Å². The molecule has 0 N–H and O–H groups in total. The van der Waals surface area contributed by atoms with Crippen molar-refractivity contribution in [2.24, 2.45) is 0 Å². The molecule has 0 saturated carbocycles. The van der Waals surface area contributed by atoms with Gasteiger partial charge in [0, 0.05) is 31.9 Å². The molecule has 1 saturated heterocycles. The van der Waals surface area contributed by atoms with E-state index in [0.29, 0.717) is 6.54 Å². The van der Waals surface area contributed by atoms with Crippen LogP contribution in [0.15, 0.2) is 42.5 Å². The molecule has 0 amide bonds. The Morgan fingerprint density at radius 3 is 2.43 bits per heavy atom. The van der Waals surface area contributed by atoms with Gasteiger partial charge in [0.1, 0.15) is 5.82 Å². The van der Waals surface area contributed by atoms with Crippen LogP contribution in [0.1, 0.15) is 41.9 Å². The van der Waals surface area contributed by atoms with Gasteiger partial charge in [-0.2, -0.15) is 0 Å². The molecule has 1 fully saturated rings. The fourth-order valence-electron chi connectivity index (χ4n) is 4.28. The minimum absolute atomic E-state index is 0.168. The molecule has 2 aromatic carbocycles. The molecule has 1 aliphatic rings. The molecule has 0 aliphatic carbocycles.